The maximum absolute atomic E-state index is 12.7. The normalized spacial score (nSPS) is 13.9. The van der Waals surface area contributed by atoms with Crippen molar-refractivity contribution in [2.45, 2.75) is 45.6 Å². The summed E-state index contributed by atoms with van der Waals surface area (Å²) in [5.74, 6) is 1.38. The molecule has 0 aliphatic carbocycles. The van der Waals surface area contributed by atoms with Crippen LogP contribution in [0.2, 0.25) is 0 Å². The van der Waals surface area contributed by atoms with Crippen LogP contribution in [-0.4, -0.2) is 23.7 Å². The van der Waals surface area contributed by atoms with E-state index in [1.165, 1.54) is 5.56 Å². The van der Waals surface area contributed by atoms with Crippen molar-refractivity contribution >= 4 is 16.8 Å². The number of nitrogens with one attached hydrogen (secondary N) is 2. The van der Waals surface area contributed by atoms with Gasteiger partial charge >= 0.3 is 0 Å². The lowest BCUT2D eigenvalue weighted by molar-refractivity contribution is -0.121. The van der Waals surface area contributed by atoms with Crippen LogP contribution in [0.4, 0.5) is 0 Å². The molecule has 0 fully saturated rings. The Morgan fingerprint density at radius 1 is 1.14 bits per heavy atom. The Morgan fingerprint density at radius 3 is 2.75 bits per heavy atom. The Labute approximate surface area is 165 Å². The molecular formula is C23H26N2O3. The van der Waals surface area contributed by atoms with Crippen LogP contribution >= 0.6 is 0 Å². The fourth-order valence-corrected chi connectivity index (χ4v) is 4.00. The van der Waals surface area contributed by atoms with Crippen molar-refractivity contribution in [3.05, 3.63) is 59.3 Å². The summed E-state index contributed by atoms with van der Waals surface area (Å²) in [5.41, 5.74) is 4.50. The first-order chi connectivity index (χ1) is 13.6. The highest BCUT2D eigenvalue weighted by molar-refractivity contribution is 5.88. The van der Waals surface area contributed by atoms with Gasteiger partial charge in [-0.15, -0.1) is 0 Å². The van der Waals surface area contributed by atoms with Crippen molar-refractivity contribution in [2.75, 3.05) is 6.79 Å². The lowest BCUT2D eigenvalue weighted by atomic mass is 9.86. The molecule has 4 rings (SSSR count). The Hall–Kier alpha value is -2.95. The Morgan fingerprint density at radius 2 is 1.96 bits per heavy atom. The van der Waals surface area contributed by atoms with Crippen molar-refractivity contribution in [3.8, 4) is 11.5 Å². The van der Waals surface area contributed by atoms with E-state index in [0.717, 1.165) is 39.9 Å². The van der Waals surface area contributed by atoms with Crippen molar-refractivity contribution in [2.24, 2.45) is 0 Å². The van der Waals surface area contributed by atoms with Gasteiger partial charge in [0.2, 0.25) is 12.7 Å². The molecule has 0 bridgehead atoms. The molecule has 2 heterocycles. The number of fused-ring (bicyclic) bond motifs is 2. The summed E-state index contributed by atoms with van der Waals surface area (Å²) >= 11 is 0. The van der Waals surface area contributed by atoms with Gasteiger partial charge in [0.25, 0.3) is 0 Å². The fourth-order valence-electron chi connectivity index (χ4n) is 4.00. The van der Waals surface area contributed by atoms with Crippen molar-refractivity contribution in [1.29, 1.82) is 0 Å². The lowest BCUT2D eigenvalue weighted by Gasteiger charge is -2.19. The van der Waals surface area contributed by atoms with Gasteiger partial charge in [-0.2, -0.15) is 0 Å². The number of ether oxygens (including phenoxy) is 2. The largest absolute Gasteiger partial charge is 0.454 e. The number of aryl methyl sites for hydroxylation is 1. The number of hydrogen-bond acceptors (Lipinski definition) is 3. The highest BCUT2D eigenvalue weighted by Crippen LogP contribution is 2.44. The summed E-state index contributed by atoms with van der Waals surface area (Å²) in [6.45, 7) is 6.32. The second-order valence-corrected chi connectivity index (χ2v) is 7.50. The van der Waals surface area contributed by atoms with Crippen LogP contribution in [-0.2, 0) is 11.2 Å². The maximum atomic E-state index is 12.7. The number of benzene rings is 2. The van der Waals surface area contributed by atoms with Crippen molar-refractivity contribution in [3.63, 3.8) is 0 Å². The number of aromatic amines is 1. The van der Waals surface area contributed by atoms with Crippen molar-refractivity contribution in [1.82, 2.24) is 10.3 Å². The van der Waals surface area contributed by atoms with E-state index in [2.05, 4.69) is 35.4 Å². The molecule has 0 saturated heterocycles. The minimum Gasteiger partial charge on any atom is -0.454 e. The zero-order valence-electron chi connectivity index (χ0n) is 16.5. The van der Waals surface area contributed by atoms with Crippen LogP contribution in [0.25, 0.3) is 10.9 Å². The Kier molecular flexibility index (Phi) is 4.99. The molecule has 1 amide bonds. The second kappa shape index (κ2) is 7.58. The average Bonchev–Trinajstić information content (AvgIpc) is 3.32. The van der Waals surface area contributed by atoms with Gasteiger partial charge < -0.3 is 19.8 Å². The average molecular weight is 378 g/mol. The molecule has 0 saturated carbocycles. The SMILES string of the molecule is CCc1cccc2c(C(CC(=O)NC(C)C)c3cccc4c3OCO4)c[nH]c12. The minimum absolute atomic E-state index is 0.0255. The number of amides is 1. The van der Waals surface area contributed by atoms with E-state index in [0.29, 0.717) is 6.42 Å². The van der Waals surface area contributed by atoms with Gasteiger partial charge in [0.15, 0.2) is 11.5 Å². The molecule has 1 aliphatic heterocycles. The van der Waals surface area contributed by atoms with E-state index in [1.807, 2.05) is 38.2 Å². The molecule has 5 heteroatoms. The number of para-hydroxylation sites is 2. The Balaban J connectivity index is 1.83. The molecule has 1 aliphatic rings. The van der Waals surface area contributed by atoms with Gasteiger partial charge in [-0.1, -0.05) is 37.3 Å². The molecule has 0 radical (unpaired) electrons. The number of hydrogen-bond donors (Lipinski definition) is 2. The van der Waals surface area contributed by atoms with Crippen LogP contribution in [0.3, 0.4) is 0 Å². The summed E-state index contributed by atoms with van der Waals surface area (Å²) in [7, 11) is 0. The number of aromatic nitrogens is 1. The molecule has 5 nitrogen and oxygen atoms in total. The molecule has 1 aromatic heterocycles. The summed E-state index contributed by atoms with van der Waals surface area (Å²) in [5, 5.41) is 4.17. The predicted octanol–water partition coefficient (Wildman–Crippen LogP) is 4.51. The van der Waals surface area contributed by atoms with Gasteiger partial charge in [0, 0.05) is 41.0 Å². The molecule has 2 aromatic carbocycles. The minimum atomic E-state index is -0.128. The first-order valence-corrected chi connectivity index (χ1v) is 9.85. The summed E-state index contributed by atoms with van der Waals surface area (Å²) in [6, 6.07) is 12.3. The van der Waals surface area contributed by atoms with Crippen LogP contribution in [0.1, 0.15) is 49.8 Å². The molecule has 146 valence electrons. The molecule has 28 heavy (non-hydrogen) atoms. The highest BCUT2D eigenvalue weighted by Gasteiger charge is 2.28. The van der Waals surface area contributed by atoms with E-state index in [9.17, 15) is 4.79 Å². The number of H-pyrrole nitrogens is 1. The number of carbonyl (C=O) groups excluding carboxylic acids is 1. The predicted molar refractivity (Wildman–Crippen MR) is 110 cm³/mol. The van der Waals surface area contributed by atoms with E-state index in [-0.39, 0.29) is 24.7 Å². The highest BCUT2D eigenvalue weighted by atomic mass is 16.7. The van der Waals surface area contributed by atoms with Crippen LogP contribution < -0.4 is 14.8 Å². The third-order valence-electron chi connectivity index (χ3n) is 5.23. The smallest absolute Gasteiger partial charge is 0.231 e. The molecule has 1 unspecified atom stereocenters. The van der Waals surface area contributed by atoms with E-state index in [4.69, 9.17) is 9.47 Å². The van der Waals surface area contributed by atoms with Crippen molar-refractivity contribution < 1.29 is 14.3 Å². The third-order valence-corrected chi connectivity index (χ3v) is 5.23. The summed E-state index contributed by atoms with van der Waals surface area (Å²) < 4.78 is 11.3. The van der Waals surface area contributed by atoms with Crippen LogP contribution in [0, 0.1) is 0 Å². The third kappa shape index (κ3) is 3.33. The first-order valence-electron chi connectivity index (χ1n) is 9.85. The molecule has 3 aromatic rings. The first kappa shape index (κ1) is 18.4. The zero-order valence-corrected chi connectivity index (χ0v) is 16.5. The second-order valence-electron chi connectivity index (χ2n) is 7.50. The number of rotatable bonds is 6. The summed E-state index contributed by atoms with van der Waals surface area (Å²) in [4.78, 5) is 16.1. The molecule has 1 atom stereocenters. The zero-order chi connectivity index (χ0) is 19.7. The topological polar surface area (TPSA) is 63.4 Å². The van der Waals surface area contributed by atoms with Crippen LogP contribution in [0.15, 0.2) is 42.6 Å². The van der Waals surface area contributed by atoms with Gasteiger partial charge in [-0.25, -0.2) is 0 Å². The fraction of sp³-hybridized carbons (Fsp3) is 0.348. The Bertz CT molecular complexity index is 1010. The molecule has 0 spiro atoms. The quantitative estimate of drug-likeness (QED) is 0.664. The standard InChI is InChI=1S/C23H26N2O3/c1-4-15-7-5-8-16-19(12-24-22(15)16)18(11-21(26)25-14(2)3)17-9-6-10-20-23(17)28-13-27-20/h5-10,12,14,18,24H,4,11,13H2,1-3H3,(H,25,26). The molecular weight excluding hydrogens is 352 g/mol. The van der Waals surface area contributed by atoms with Gasteiger partial charge in [-0.3, -0.25) is 4.79 Å². The van der Waals surface area contributed by atoms with Gasteiger partial charge in [0.1, 0.15) is 0 Å². The van der Waals surface area contributed by atoms with E-state index >= 15 is 0 Å². The summed E-state index contributed by atoms with van der Waals surface area (Å²) in [6.07, 6.45) is 3.33. The molecule has 2 N–H and O–H groups in total. The monoisotopic (exact) mass is 378 g/mol. The maximum Gasteiger partial charge on any atom is 0.231 e. The number of carbonyl (C=O) groups is 1. The van der Waals surface area contributed by atoms with E-state index in [1.54, 1.807) is 0 Å². The van der Waals surface area contributed by atoms with Crippen LogP contribution in [0.5, 0.6) is 11.5 Å². The lowest BCUT2D eigenvalue weighted by Crippen LogP contribution is -2.31. The van der Waals surface area contributed by atoms with Gasteiger partial charge in [-0.05, 0) is 37.5 Å². The van der Waals surface area contributed by atoms with Gasteiger partial charge in [0.05, 0.1) is 0 Å². The van der Waals surface area contributed by atoms with E-state index < -0.39 is 0 Å².